The minimum atomic E-state index is -0.0309. The van der Waals surface area contributed by atoms with E-state index in [2.05, 4.69) is 48.7 Å². The molecule has 2 rings (SSSR count). The van der Waals surface area contributed by atoms with Crippen LogP contribution in [0.4, 0.5) is 5.69 Å². The van der Waals surface area contributed by atoms with Gasteiger partial charge in [0.05, 0.1) is 5.69 Å². The van der Waals surface area contributed by atoms with E-state index in [-0.39, 0.29) is 11.9 Å². The third kappa shape index (κ3) is 3.68. The molecule has 0 saturated heterocycles. The highest BCUT2D eigenvalue weighted by Crippen LogP contribution is 2.24. The van der Waals surface area contributed by atoms with Crippen molar-refractivity contribution in [2.24, 2.45) is 0 Å². The molecule has 0 aliphatic rings. The molecule has 1 unspecified atom stereocenters. The van der Waals surface area contributed by atoms with Gasteiger partial charge in [-0.15, -0.1) is 11.3 Å². The maximum atomic E-state index is 11.1. The number of rotatable bonds is 5. The monoisotopic (exact) mass is 288 g/mol. The van der Waals surface area contributed by atoms with Crippen molar-refractivity contribution in [1.29, 1.82) is 0 Å². The van der Waals surface area contributed by atoms with Crippen molar-refractivity contribution in [3.63, 3.8) is 0 Å². The van der Waals surface area contributed by atoms with Gasteiger partial charge in [0, 0.05) is 24.4 Å². The Hall–Kier alpha value is -1.65. The summed E-state index contributed by atoms with van der Waals surface area (Å²) in [5.74, 6) is -0.0309. The summed E-state index contributed by atoms with van der Waals surface area (Å²) >= 11 is 1.66. The molecule has 2 aromatic rings. The van der Waals surface area contributed by atoms with Crippen molar-refractivity contribution in [3.8, 4) is 0 Å². The number of benzene rings is 1. The summed E-state index contributed by atoms with van der Waals surface area (Å²) < 4.78 is 0. The molecule has 1 aromatic carbocycles. The number of hydrogen-bond acceptors (Lipinski definition) is 3. The highest BCUT2D eigenvalue weighted by atomic mass is 32.1. The molecule has 106 valence electrons. The molecule has 0 spiro atoms. The summed E-state index contributed by atoms with van der Waals surface area (Å²) in [5, 5.41) is 8.38. The van der Waals surface area contributed by atoms with E-state index in [1.165, 1.54) is 18.1 Å². The number of aryl methyl sites for hydroxylation is 1. The third-order valence-electron chi connectivity index (χ3n) is 3.28. The number of nitrogens with one attached hydrogen (secondary N) is 2. The summed E-state index contributed by atoms with van der Waals surface area (Å²) in [6.45, 7) is 6.57. The van der Waals surface area contributed by atoms with Gasteiger partial charge in [-0.05, 0) is 36.4 Å². The molecule has 0 aliphatic heterocycles. The van der Waals surface area contributed by atoms with Gasteiger partial charge in [0.1, 0.15) is 0 Å². The summed E-state index contributed by atoms with van der Waals surface area (Å²) in [5.41, 5.74) is 3.51. The van der Waals surface area contributed by atoms with Crippen LogP contribution in [-0.4, -0.2) is 5.91 Å². The molecule has 0 bridgehead atoms. The molecule has 20 heavy (non-hydrogen) atoms. The molecule has 1 atom stereocenters. The van der Waals surface area contributed by atoms with Crippen LogP contribution in [0.25, 0.3) is 0 Å². The lowest BCUT2D eigenvalue weighted by atomic mass is 10.0. The van der Waals surface area contributed by atoms with Crippen LogP contribution in [0, 0.1) is 6.92 Å². The van der Waals surface area contributed by atoms with Crippen LogP contribution in [0.15, 0.2) is 35.7 Å². The third-order valence-corrected chi connectivity index (χ3v) is 4.20. The predicted octanol–water partition coefficient (Wildman–Crippen LogP) is 3.87. The summed E-state index contributed by atoms with van der Waals surface area (Å²) in [4.78, 5) is 12.3. The standard InChI is InChI=1S/C16H20N2OS/c1-11-6-4-5-7-14(11)12(2)17-10-16-15(8-9-20-16)18-13(3)19/h4-9,12,17H,10H2,1-3H3,(H,18,19). The minimum Gasteiger partial charge on any atom is -0.325 e. The van der Waals surface area contributed by atoms with E-state index in [1.54, 1.807) is 11.3 Å². The summed E-state index contributed by atoms with van der Waals surface area (Å²) in [6.07, 6.45) is 0. The number of carbonyl (C=O) groups excluding carboxylic acids is 1. The summed E-state index contributed by atoms with van der Waals surface area (Å²) in [6, 6.07) is 10.6. The van der Waals surface area contributed by atoms with E-state index in [0.717, 1.165) is 17.1 Å². The number of hydrogen-bond donors (Lipinski definition) is 2. The molecule has 1 heterocycles. The first kappa shape index (κ1) is 14.8. The van der Waals surface area contributed by atoms with Crippen molar-refractivity contribution in [1.82, 2.24) is 5.32 Å². The molecule has 0 aliphatic carbocycles. The molecule has 1 aromatic heterocycles. The zero-order valence-corrected chi connectivity index (χ0v) is 12.9. The SMILES string of the molecule is CC(=O)Nc1ccsc1CNC(C)c1ccccc1C. The van der Waals surface area contributed by atoms with Crippen molar-refractivity contribution in [3.05, 3.63) is 51.7 Å². The van der Waals surface area contributed by atoms with Gasteiger partial charge in [0.2, 0.25) is 5.91 Å². The Balaban J connectivity index is 2.00. The number of anilines is 1. The molecular formula is C16H20N2OS. The zero-order chi connectivity index (χ0) is 14.5. The van der Waals surface area contributed by atoms with Gasteiger partial charge < -0.3 is 10.6 Å². The average molecular weight is 288 g/mol. The first-order valence-corrected chi connectivity index (χ1v) is 7.58. The lowest BCUT2D eigenvalue weighted by Gasteiger charge is -2.16. The van der Waals surface area contributed by atoms with Gasteiger partial charge >= 0.3 is 0 Å². The fraction of sp³-hybridized carbons (Fsp3) is 0.312. The molecule has 0 radical (unpaired) electrons. The van der Waals surface area contributed by atoms with Gasteiger partial charge in [-0.1, -0.05) is 24.3 Å². The van der Waals surface area contributed by atoms with Crippen molar-refractivity contribution in [2.45, 2.75) is 33.4 Å². The lowest BCUT2D eigenvalue weighted by Crippen LogP contribution is -2.19. The van der Waals surface area contributed by atoms with Gasteiger partial charge in [0.15, 0.2) is 0 Å². The van der Waals surface area contributed by atoms with Crippen molar-refractivity contribution >= 4 is 22.9 Å². The molecular weight excluding hydrogens is 268 g/mol. The Morgan fingerprint density at radius 3 is 2.75 bits per heavy atom. The normalized spacial score (nSPS) is 12.2. The van der Waals surface area contributed by atoms with Crippen LogP contribution < -0.4 is 10.6 Å². The molecule has 0 saturated carbocycles. The average Bonchev–Trinajstić information content (AvgIpc) is 2.83. The largest absolute Gasteiger partial charge is 0.325 e. The van der Waals surface area contributed by atoms with Crippen LogP contribution in [0.1, 0.15) is 35.9 Å². The number of carbonyl (C=O) groups is 1. The highest BCUT2D eigenvalue weighted by molar-refractivity contribution is 7.10. The maximum absolute atomic E-state index is 11.1. The second-order valence-electron chi connectivity index (χ2n) is 4.90. The Labute approximate surface area is 124 Å². The quantitative estimate of drug-likeness (QED) is 0.877. The first-order chi connectivity index (χ1) is 9.58. The second-order valence-corrected chi connectivity index (χ2v) is 5.90. The minimum absolute atomic E-state index is 0.0309. The Bertz CT molecular complexity index is 592. The van der Waals surface area contributed by atoms with Crippen LogP contribution in [0.3, 0.4) is 0 Å². The Morgan fingerprint density at radius 1 is 1.30 bits per heavy atom. The second kappa shape index (κ2) is 6.68. The van der Waals surface area contributed by atoms with Crippen LogP contribution in [0.5, 0.6) is 0 Å². The molecule has 4 heteroatoms. The van der Waals surface area contributed by atoms with Gasteiger partial charge in [-0.3, -0.25) is 4.79 Å². The fourth-order valence-corrected chi connectivity index (χ4v) is 2.99. The fourth-order valence-electron chi connectivity index (χ4n) is 2.21. The number of thiophene rings is 1. The molecule has 2 N–H and O–H groups in total. The van der Waals surface area contributed by atoms with Crippen molar-refractivity contribution < 1.29 is 4.79 Å². The van der Waals surface area contributed by atoms with E-state index in [0.29, 0.717) is 0 Å². The van der Waals surface area contributed by atoms with E-state index in [1.807, 2.05) is 11.4 Å². The molecule has 3 nitrogen and oxygen atoms in total. The topological polar surface area (TPSA) is 41.1 Å². The zero-order valence-electron chi connectivity index (χ0n) is 12.1. The van der Waals surface area contributed by atoms with Crippen LogP contribution >= 0.6 is 11.3 Å². The highest BCUT2D eigenvalue weighted by Gasteiger charge is 2.10. The van der Waals surface area contributed by atoms with Crippen LogP contribution in [-0.2, 0) is 11.3 Å². The molecule has 1 amide bonds. The van der Waals surface area contributed by atoms with Crippen molar-refractivity contribution in [2.75, 3.05) is 5.32 Å². The maximum Gasteiger partial charge on any atom is 0.221 e. The summed E-state index contributed by atoms with van der Waals surface area (Å²) in [7, 11) is 0. The Morgan fingerprint density at radius 2 is 2.05 bits per heavy atom. The first-order valence-electron chi connectivity index (χ1n) is 6.71. The van der Waals surface area contributed by atoms with Gasteiger partial charge in [0.25, 0.3) is 0 Å². The molecule has 0 fully saturated rings. The van der Waals surface area contributed by atoms with E-state index < -0.39 is 0 Å². The lowest BCUT2D eigenvalue weighted by molar-refractivity contribution is -0.114. The van der Waals surface area contributed by atoms with E-state index in [9.17, 15) is 4.79 Å². The van der Waals surface area contributed by atoms with Gasteiger partial charge in [-0.25, -0.2) is 0 Å². The van der Waals surface area contributed by atoms with E-state index in [4.69, 9.17) is 0 Å². The predicted molar refractivity (Wildman–Crippen MR) is 85.1 cm³/mol. The Kier molecular flexibility index (Phi) is 4.93. The van der Waals surface area contributed by atoms with Gasteiger partial charge in [-0.2, -0.15) is 0 Å². The smallest absolute Gasteiger partial charge is 0.221 e. The number of amides is 1. The van der Waals surface area contributed by atoms with Crippen LogP contribution in [0.2, 0.25) is 0 Å². The van der Waals surface area contributed by atoms with E-state index >= 15 is 0 Å².